The number of benzene rings is 1. The number of methoxy groups -OCH3 is 1. The predicted octanol–water partition coefficient (Wildman–Crippen LogP) is 1.70. The number of nitrogens with one attached hydrogen (secondary N) is 2. The summed E-state index contributed by atoms with van der Waals surface area (Å²) in [7, 11) is 1.57. The maximum Gasteiger partial charge on any atom is 0.274 e. The van der Waals surface area contributed by atoms with Gasteiger partial charge in [0.1, 0.15) is 11.4 Å². The lowest BCUT2D eigenvalue weighted by Crippen LogP contribution is -2.43. The maximum absolute atomic E-state index is 13.0. The number of pyridine rings is 1. The standard InChI is InChI=1S/C23H23N7O3/c1-33-20-4-2-3-15-16(20)14-30(22(15)32)23-26-8-5-17(28-23)21(31)27-18-13-25-7-6-19(18)29-11-9-24-10-12-29/h2-8,13,24H,9-12,14H2,1H3,(H,27,31). The van der Waals surface area contributed by atoms with Gasteiger partial charge in [0.2, 0.25) is 5.95 Å². The van der Waals surface area contributed by atoms with Crippen molar-refractivity contribution >= 4 is 29.1 Å². The van der Waals surface area contributed by atoms with Crippen molar-refractivity contribution in [1.82, 2.24) is 20.3 Å². The third-order valence-corrected chi connectivity index (χ3v) is 5.77. The molecule has 3 aromatic rings. The number of anilines is 3. The molecule has 168 valence electrons. The van der Waals surface area contributed by atoms with Crippen LogP contribution in [-0.2, 0) is 6.54 Å². The minimum Gasteiger partial charge on any atom is -0.496 e. The molecule has 0 atom stereocenters. The van der Waals surface area contributed by atoms with Gasteiger partial charge in [0, 0.05) is 49.7 Å². The van der Waals surface area contributed by atoms with Gasteiger partial charge in [0.25, 0.3) is 11.8 Å². The van der Waals surface area contributed by atoms with Crippen molar-refractivity contribution in [1.29, 1.82) is 0 Å². The van der Waals surface area contributed by atoms with Crippen molar-refractivity contribution < 1.29 is 14.3 Å². The number of nitrogens with zero attached hydrogens (tertiary/aromatic N) is 5. The van der Waals surface area contributed by atoms with E-state index >= 15 is 0 Å². The lowest BCUT2D eigenvalue weighted by Gasteiger charge is -2.30. The Kier molecular flexibility index (Phi) is 5.57. The van der Waals surface area contributed by atoms with E-state index in [0.29, 0.717) is 17.0 Å². The molecule has 0 unspecified atom stereocenters. The monoisotopic (exact) mass is 445 g/mol. The van der Waals surface area contributed by atoms with Gasteiger partial charge in [-0.2, -0.15) is 0 Å². The summed E-state index contributed by atoms with van der Waals surface area (Å²) in [6.45, 7) is 3.71. The summed E-state index contributed by atoms with van der Waals surface area (Å²) >= 11 is 0. The van der Waals surface area contributed by atoms with E-state index in [9.17, 15) is 9.59 Å². The fourth-order valence-corrected chi connectivity index (χ4v) is 4.11. The van der Waals surface area contributed by atoms with Crippen molar-refractivity contribution in [2.24, 2.45) is 0 Å². The third-order valence-electron chi connectivity index (χ3n) is 5.77. The highest BCUT2D eigenvalue weighted by atomic mass is 16.5. The number of aromatic nitrogens is 3. The lowest BCUT2D eigenvalue weighted by atomic mass is 10.1. The zero-order valence-electron chi connectivity index (χ0n) is 18.1. The molecule has 10 heteroatoms. The van der Waals surface area contributed by atoms with Crippen LogP contribution in [0.5, 0.6) is 5.75 Å². The Labute approximate surface area is 190 Å². The highest BCUT2D eigenvalue weighted by Gasteiger charge is 2.32. The Balaban J connectivity index is 1.38. The van der Waals surface area contributed by atoms with Gasteiger partial charge in [0.05, 0.1) is 31.2 Å². The number of hydrogen-bond acceptors (Lipinski definition) is 8. The second-order valence-electron chi connectivity index (χ2n) is 7.70. The molecule has 2 aromatic heterocycles. The van der Waals surface area contributed by atoms with Crippen molar-refractivity contribution in [3.05, 3.63) is 65.7 Å². The molecule has 1 saturated heterocycles. The molecule has 0 bridgehead atoms. The van der Waals surface area contributed by atoms with E-state index in [2.05, 4.69) is 30.5 Å². The number of carbonyl (C=O) groups is 2. The summed E-state index contributed by atoms with van der Waals surface area (Å²) in [4.78, 5) is 42.4. The molecular weight excluding hydrogens is 422 g/mol. The first-order valence-corrected chi connectivity index (χ1v) is 10.7. The summed E-state index contributed by atoms with van der Waals surface area (Å²) in [5.74, 6) is 0.174. The Bertz CT molecular complexity index is 1210. The van der Waals surface area contributed by atoms with E-state index in [1.54, 1.807) is 31.6 Å². The molecule has 5 rings (SSSR count). The number of rotatable bonds is 5. The molecular formula is C23H23N7O3. The Hall–Kier alpha value is -4.05. The van der Waals surface area contributed by atoms with Crippen molar-refractivity contribution in [2.75, 3.05) is 48.4 Å². The minimum absolute atomic E-state index is 0.158. The Morgan fingerprint density at radius 1 is 1.15 bits per heavy atom. The molecule has 1 fully saturated rings. The highest BCUT2D eigenvalue weighted by molar-refractivity contribution is 6.10. The van der Waals surface area contributed by atoms with Crippen LogP contribution < -0.4 is 25.2 Å². The SMILES string of the molecule is COc1cccc2c1CN(c1nccc(C(=O)Nc3cnccc3N3CCNCC3)n1)C2=O. The molecule has 2 aliphatic heterocycles. The molecule has 2 N–H and O–H groups in total. The quantitative estimate of drug-likeness (QED) is 0.610. The molecule has 2 amide bonds. The van der Waals surface area contributed by atoms with Gasteiger partial charge < -0.3 is 20.3 Å². The second-order valence-corrected chi connectivity index (χ2v) is 7.70. The van der Waals surface area contributed by atoms with Crippen LogP contribution in [0.2, 0.25) is 0 Å². The van der Waals surface area contributed by atoms with Gasteiger partial charge in [0.15, 0.2) is 0 Å². The van der Waals surface area contributed by atoms with Gasteiger partial charge >= 0.3 is 0 Å². The zero-order valence-corrected chi connectivity index (χ0v) is 18.1. The number of ether oxygens (including phenoxy) is 1. The van der Waals surface area contributed by atoms with Crippen LogP contribution in [0.4, 0.5) is 17.3 Å². The number of amides is 2. The van der Waals surface area contributed by atoms with Crippen LogP contribution in [0.3, 0.4) is 0 Å². The second kappa shape index (κ2) is 8.83. The first-order chi connectivity index (χ1) is 16.2. The van der Waals surface area contributed by atoms with Crippen LogP contribution in [0, 0.1) is 0 Å². The van der Waals surface area contributed by atoms with Crippen molar-refractivity contribution in [3.8, 4) is 5.75 Å². The molecule has 1 aromatic carbocycles. The molecule has 0 aliphatic carbocycles. The molecule has 0 spiro atoms. The van der Waals surface area contributed by atoms with E-state index in [-0.39, 0.29) is 24.1 Å². The Morgan fingerprint density at radius 2 is 2.00 bits per heavy atom. The fourth-order valence-electron chi connectivity index (χ4n) is 4.11. The maximum atomic E-state index is 13.0. The smallest absolute Gasteiger partial charge is 0.274 e. The van der Waals surface area contributed by atoms with Gasteiger partial charge in [-0.05, 0) is 24.3 Å². The number of fused-ring (bicyclic) bond motifs is 1. The Morgan fingerprint density at radius 3 is 2.82 bits per heavy atom. The van der Waals surface area contributed by atoms with Crippen molar-refractivity contribution in [3.63, 3.8) is 0 Å². The average Bonchev–Trinajstić information content (AvgIpc) is 3.21. The average molecular weight is 445 g/mol. The van der Waals surface area contributed by atoms with Crippen molar-refractivity contribution in [2.45, 2.75) is 6.54 Å². The van der Waals surface area contributed by atoms with E-state index in [1.165, 1.54) is 17.2 Å². The number of hydrogen-bond donors (Lipinski definition) is 2. The molecule has 4 heterocycles. The van der Waals surface area contributed by atoms with Crippen LogP contribution in [0.1, 0.15) is 26.4 Å². The topological polar surface area (TPSA) is 113 Å². The minimum atomic E-state index is -0.398. The predicted molar refractivity (Wildman–Crippen MR) is 123 cm³/mol. The number of piperazine rings is 1. The fraction of sp³-hybridized carbons (Fsp3) is 0.261. The van der Waals surface area contributed by atoms with Crippen LogP contribution in [0.15, 0.2) is 48.9 Å². The number of carbonyl (C=O) groups excluding carboxylic acids is 2. The molecule has 33 heavy (non-hydrogen) atoms. The first-order valence-electron chi connectivity index (χ1n) is 10.7. The van der Waals surface area contributed by atoms with Gasteiger partial charge in [-0.25, -0.2) is 9.97 Å². The van der Waals surface area contributed by atoms with Gasteiger partial charge in [-0.15, -0.1) is 0 Å². The summed E-state index contributed by atoms with van der Waals surface area (Å²) < 4.78 is 5.38. The van der Waals surface area contributed by atoms with Crippen LogP contribution in [0.25, 0.3) is 0 Å². The van der Waals surface area contributed by atoms with E-state index in [4.69, 9.17) is 4.74 Å². The van der Waals surface area contributed by atoms with E-state index in [1.807, 2.05) is 12.1 Å². The summed E-state index contributed by atoms with van der Waals surface area (Å²) in [6, 6.07) is 8.74. The molecule has 0 saturated carbocycles. The van der Waals surface area contributed by atoms with Gasteiger partial charge in [-0.3, -0.25) is 19.5 Å². The molecule has 0 radical (unpaired) electrons. The van der Waals surface area contributed by atoms with Gasteiger partial charge in [-0.1, -0.05) is 6.07 Å². The van der Waals surface area contributed by atoms with Crippen LogP contribution in [-0.4, -0.2) is 60.1 Å². The third kappa shape index (κ3) is 3.96. The van der Waals surface area contributed by atoms with E-state index < -0.39 is 5.91 Å². The molecule has 10 nitrogen and oxygen atoms in total. The zero-order chi connectivity index (χ0) is 22.8. The summed E-state index contributed by atoms with van der Waals surface area (Å²) in [5.41, 5.74) is 3.00. The summed E-state index contributed by atoms with van der Waals surface area (Å²) in [6.07, 6.45) is 4.82. The normalized spacial score (nSPS) is 15.4. The first kappa shape index (κ1) is 20.8. The summed E-state index contributed by atoms with van der Waals surface area (Å²) in [5, 5.41) is 6.23. The molecule has 2 aliphatic rings. The highest BCUT2D eigenvalue weighted by Crippen LogP contribution is 2.32. The van der Waals surface area contributed by atoms with Crippen LogP contribution >= 0.6 is 0 Å². The van der Waals surface area contributed by atoms with E-state index in [0.717, 1.165) is 37.4 Å². The lowest BCUT2D eigenvalue weighted by molar-refractivity contribution is 0.0989. The largest absolute Gasteiger partial charge is 0.496 e.